The van der Waals surface area contributed by atoms with E-state index in [1.54, 1.807) is 0 Å². The molecule has 1 aliphatic carbocycles. The molecule has 24 heavy (non-hydrogen) atoms. The lowest BCUT2D eigenvalue weighted by Crippen LogP contribution is -2.25. The number of rotatable bonds is 5. The Bertz CT molecular complexity index is 794. The first-order valence-electron chi connectivity index (χ1n) is 8.07. The van der Waals surface area contributed by atoms with E-state index in [1.165, 1.54) is 11.3 Å². The summed E-state index contributed by atoms with van der Waals surface area (Å²) < 4.78 is 0. The number of amides is 2. The van der Waals surface area contributed by atoms with Gasteiger partial charge in [0.1, 0.15) is 9.88 Å². The zero-order valence-corrected chi connectivity index (χ0v) is 14.9. The molecule has 1 aromatic carbocycles. The zero-order chi connectivity index (χ0) is 17.3. The van der Waals surface area contributed by atoms with E-state index in [9.17, 15) is 9.59 Å². The quantitative estimate of drug-likeness (QED) is 0.876. The molecule has 0 bridgehead atoms. The summed E-state index contributed by atoms with van der Waals surface area (Å²) in [6.07, 6.45) is 2.28. The van der Waals surface area contributed by atoms with Gasteiger partial charge in [0.15, 0.2) is 0 Å². The number of hydrogen-bond acceptors (Lipinski definition) is 4. The highest BCUT2D eigenvalue weighted by Gasteiger charge is 2.26. The molecule has 0 atom stereocenters. The number of anilines is 1. The molecule has 3 rings (SSSR count). The first kappa shape index (κ1) is 16.6. The summed E-state index contributed by atoms with van der Waals surface area (Å²) in [7, 11) is 0. The minimum atomic E-state index is -0.119. The molecule has 0 spiro atoms. The highest BCUT2D eigenvalue weighted by atomic mass is 32.1. The maximum Gasteiger partial charge on any atom is 0.263 e. The van der Waals surface area contributed by atoms with Crippen molar-refractivity contribution in [1.29, 1.82) is 0 Å². The van der Waals surface area contributed by atoms with Crippen LogP contribution in [0.2, 0.25) is 0 Å². The fourth-order valence-corrected chi connectivity index (χ4v) is 3.40. The molecule has 1 aliphatic rings. The van der Waals surface area contributed by atoms with Crippen molar-refractivity contribution in [2.45, 2.75) is 46.1 Å². The van der Waals surface area contributed by atoms with E-state index < -0.39 is 0 Å². The minimum absolute atomic E-state index is 0.0753. The second-order valence-corrected chi connectivity index (χ2v) is 7.33. The van der Waals surface area contributed by atoms with Gasteiger partial charge in [-0.05, 0) is 50.8 Å². The fourth-order valence-electron chi connectivity index (χ4n) is 2.44. The van der Waals surface area contributed by atoms with Gasteiger partial charge in [0, 0.05) is 11.7 Å². The van der Waals surface area contributed by atoms with Gasteiger partial charge in [-0.1, -0.05) is 12.1 Å². The van der Waals surface area contributed by atoms with Crippen LogP contribution in [0.5, 0.6) is 0 Å². The molecule has 0 saturated heterocycles. The van der Waals surface area contributed by atoms with Crippen LogP contribution < -0.4 is 10.6 Å². The molecule has 1 fully saturated rings. The number of aromatic nitrogens is 1. The lowest BCUT2D eigenvalue weighted by molar-refractivity contribution is -0.115. The topological polar surface area (TPSA) is 71.1 Å². The third-order valence-electron chi connectivity index (χ3n) is 4.15. The van der Waals surface area contributed by atoms with Crippen molar-refractivity contribution in [3.8, 4) is 0 Å². The van der Waals surface area contributed by atoms with Crippen LogP contribution >= 0.6 is 11.3 Å². The van der Waals surface area contributed by atoms with Crippen LogP contribution in [0.25, 0.3) is 0 Å². The molecule has 1 heterocycles. The predicted octanol–water partition coefficient (Wildman–Crippen LogP) is 3.14. The van der Waals surface area contributed by atoms with Crippen molar-refractivity contribution < 1.29 is 9.59 Å². The number of carbonyl (C=O) groups excluding carboxylic acids is 2. The number of benzene rings is 1. The summed E-state index contributed by atoms with van der Waals surface area (Å²) in [6, 6.07) is 6.14. The lowest BCUT2D eigenvalue weighted by Gasteiger charge is -2.09. The van der Waals surface area contributed by atoms with E-state index in [2.05, 4.69) is 15.6 Å². The maximum absolute atomic E-state index is 12.3. The van der Waals surface area contributed by atoms with E-state index >= 15 is 0 Å². The van der Waals surface area contributed by atoms with Crippen LogP contribution in [-0.2, 0) is 11.2 Å². The summed E-state index contributed by atoms with van der Waals surface area (Å²) >= 11 is 1.30. The molecule has 0 aliphatic heterocycles. The smallest absolute Gasteiger partial charge is 0.263 e. The van der Waals surface area contributed by atoms with Gasteiger partial charge in [-0.2, -0.15) is 0 Å². The van der Waals surface area contributed by atoms with Crippen LogP contribution in [0.4, 0.5) is 5.69 Å². The number of carbonyl (C=O) groups is 2. The van der Waals surface area contributed by atoms with Crippen molar-refractivity contribution in [1.82, 2.24) is 10.3 Å². The van der Waals surface area contributed by atoms with Crippen molar-refractivity contribution in [3.05, 3.63) is 44.9 Å². The Morgan fingerprint density at radius 3 is 2.71 bits per heavy atom. The molecule has 1 saturated carbocycles. The van der Waals surface area contributed by atoms with Gasteiger partial charge < -0.3 is 10.6 Å². The summed E-state index contributed by atoms with van der Waals surface area (Å²) in [5, 5.41) is 6.55. The molecule has 2 aromatic rings. The maximum atomic E-state index is 12.3. The number of aryl methyl sites for hydroxylation is 2. The van der Waals surface area contributed by atoms with Crippen molar-refractivity contribution in [2.75, 3.05) is 5.32 Å². The number of hydrogen-bond donors (Lipinski definition) is 2. The fraction of sp³-hybridized carbons (Fsp3) is 0.389. The van der Waals surface area contributed by atoms with Gasteiger partial charge in [-0.15, -0.1) is 11.3 Å². The van der Waals surface area contributed by atoms with Crippen LogP contribution in [-0.4, -0.2) is 22.8 Å². The number of nitrogens with one attached hydrogen (secondary N) is 2. The number of nitrogens with zero attached hydrogens (tertiary/aromatic N) is 1. The highest BCUT2D eigenvalue weighted by molar-refractivity contribution is 7.13. The van der Waals surface area contributed by atoms with E-state index in [1.807, 2.05) is 39.0 Å². The second-order valence-electron chi connectivity index (χ2n) is 6.24. The molecule has 2 N–H and O–H groups in total. The largest absolute Gasteiger partial charge is 0.349 e. The third kappa shape index (κ3) is 3.82. The predicted molar refractivity (Wildman–Crippen MR) is 95.6 cm³/mol. The summed E-state index contributed by atoms with van der Waals surface area (Å²) in [5.41, 5.74) is 3.70. The minimum Gasteiger partial charge on any atom is -0.349 e. The summed E-state index contributed by atoms with van der Waals surface area (Å²) in [4.78, 5) is 29.4. The van der Waals surface area contributed by atoms with E-state index in [4.69, 9.17) is 0 Å². The van der Waals surface area contributed by atoms with Gasteiger partial charge in [-0.25, -0.2) is 4.98 Å². The second kappa shape index (κ2) is 6.73. The molecule has 1 aromatic heterocycles. The van der Waals surface area contributed by atoms with Gasteiger partial charge in [-0.3, -0.25) is 9.59 Å². The zero-order valence-electron chi connectivity index (χ0n) is 14.1. The summed E-state index contributed by atoms with van der Waals surface area (Å²) in [5.74, 6) is -0.194. The van der Waals surface area contributed by atoms with Gasteiger partial charge >= 0.3 is 0 Å². The Morgan fingerprint density at radius 1 is 1.25 bits per heavy atom. The van der Waals surface area contributed by atoms with E-state index in [0.717, 1.165) is 29.7 Å². The van der Waals surface area contributed by atoms with Crippen molar-refractivity contribution in [3.63, 3.8) is 0 Å². The van der Waals surface area contributed by atoms with Crippen molar-refractivity contribution >= 4 is 28.8 Å². The van der Waals surface area contributed by atoms with E-state index in [-0.39, 0.29) is 18.2 Å². The number of thiazole rings is 1. The molecule has 0 radical (unpaired) electrons. The standard InChI is InChI=1S/C18H21N3O2S/c1-10-5-4-6-14(11(10)2)21-15(22)9-16-19-12(3)17(24-16)18(23)20-13-7-8-13/h4-6,13H,7-9H2,1-3H3,(H,20,23)(H,21,22). The van der Waals surface area contributed by atoms with Crippen LogP contribution in [0.1, 0.15) is 44.3 Å². The first-order chi connectivity index (χ1) is 11.4. The Labute approximate surface area is 145 Å². The third-order valence-corrected chi connectivity index (χ3v) is 5.31. The van der Waals surface area contributed by atoms with Crippen molar-refractivity contribution in [2.24, 2.45) is 0 Å². The molecule has 6 heteroatoms. The highest BCUT2D eigenvalue weighted by Crippen LogP contribution is 2.23. The Kier molecular flexibility index (Phi) is 4.66. The first-order valence-corrected chi connectivity index (χ1v) is 8.89. The SMILES string of the molecule is Cc1cccc(NC(=O)Cc2nc(C)c(C(=O)NC3CC3)s2)c1C. The van der Waals surface area contributed by atoms with Crippen LogP contribution in [0, 0.1) is 20.8 Å². The summed E-state index contributed by atoms with van der Waals surface area (Å²) in [6.45, 7) is 5.81. The van der Waals surface area contributed by atoms with Crippen LogP contribution in [0.3, 0.4) is 0 Å². The Hall–Kier alpha value is -2.21. The average molecular weight is 343 g/mol. The molecule has 5 nitrogen and oxygen atoms in total. The molecular formula is C18H21N3O2S. The normalized spacial score (nSPS) is 13.6. The van der Waals surface area contributed by atoms with Crippen LogP contribution in [0.15, 0.2) is 18.2 Å². The monoisotopic (exact) mass is 343 g/mol. The average Bonchev–Trinajstić information content (AvgIpc) is 3.25. The molecular weight excluding hydrogens is 322 g/mol. The Morgan fingerprint density at radius 2 is 2.00 bits per heavy atom. The van der Waals surface area contributed by atoms with Gasteiger partial charge in [0.25, 0.3) is 5.91 Å². The van der Waals surface area contributed by atoms with Gasteiger partial charge in [0.2, 0.25) is 5.91 Å². The van der Waals surface area contributed by atoms with Gasteiger partial charge in [0.05, 0.1) is 12.1 Å². The molecule has 126 valence electrons. The lowest BCUT2D eigenvalue weighted by atomic mass is 10.1. The molecule has 2 amide bonds. The molecule has 0 unspecified atom stereocenters. The Balaban J connectivity index is 1.66. The van der Waals surface area contributed by atoms with E-state index in [0.29, 0.717) is 21.6 Å².